The van der Waals surface area contributed by atoms with Gasteiger partial charge in [-0.05, 0) is 97.2 Å². The van der Waals surface area contributed by atoms with Gasteiger partial charge in [-0.25, -0.2) is 5.48 Å². The number of carbonyl (C=O) groups excluding carboxylic acids is 2. The second-order valence-corrected chi connectivity index (χ2v) is 16.5. The van der Waals surface area contributed by atoms with Crippen LogP contribution in [0.15, 0.2) is 48.6 Å². The summed E-state index contributed by atoms with van der Waals surface area (Å²) in [7, 11) is 1.87. The summed E-state index contributed by atoms with van der Waals surface area (Å²) in [5.74, 6) is 2.01. The van der Waals surface area contributed by atoms with Gasteiger partial charge in [-0.3, -0.25) is 19.7 Å². The zero-order chi connectivity index (χ0) is 38.7. The van der Waals surface area contributed by atoms with E-state index in [9.17, 15) is 14.8 Å². The van der Waals surface area contributed by atoms with Gasteiger partial charge in [0.05, 0.1) is 12.3 Å². The molecule has 1 saturated carbocycles. The van der Waals surface area contributed by atoms with E-state index in [1.807, 2.05) is 35.7 Å². The summed E-state index contributed by atoms with van der Waals surface area (Å²) in [6, 6.07) is 11.6. The summed E-state index contributed by atoms with van der Waals surface area (Å²) in [6.07, 6.45) is 11.7. The maximum Gasteiger partial charge on any atom is 0.274 e. The van der Waals surface area contributed by atoms with Crippen molar-refractivity contribution in [3.63, 3.8) is 0 Å². The molecule has 2 heterocycles. The van der Waals surface area contributed by atoms with Crippen molar-refractivity contribution in [3.8, 4) is 5.75 Å². The molecule has 2 amide bonds. The number of methoxy groups -OCH3 is 1. The summed E-state index contributed by atoms with van der Waals surface area (Å²) in [6.45, 7) is 16.8. The molecule has 5 atom stereocenters. The Morgan fingerprint density at radius 3 is 2.65 bits per heavy atom. The van der Waals surface area contributed by atoms with Gasteiger partial charge in [-0.15, -0.1) is 0 Å². The number of aryl methyl sites for hydroxylation is 1. The molecule has 10 nitrogen and oxygen atoms in total. The number of hydrogen-bond acceptors (Lipinski definition) is 8. The van der Waals surface area contributed by atoms with Gasteiger partial charge in [0.2, 0.25) is 6.41 Å². The Hall–Kier alpha value is -3.15. The minimum Gasteiger partial charge on any atom is -0.491 e. The number of nitrogens with one attached hydrogen (secondary N) is 2. The molecule has 11 heteroatoms. The van der Waals surface area contributed by atoms with Crippen LogP contribution in [0.5, 0.6) is 5.75 Å². The van der Waals surface area contributed by atoms with Gasteiger partial charge in [0.15, 0.2) is 0 Å². The Balaban J connectivity index is 1.47. The van der Waals surface area contributed by atoms with Crippen molar-refractivity contribution in [3.05, 3.63) is 70.3 Å². The molecule has 2 aliphatic heterocycles. The lowest BCUT2D eigenvalue weighted by molar-refractivity contribution is -0.118. The average molecular weight is 766 g/mol. The standard InChI is InChI=1S/C43H64ClN5O5/c1-6-9-33-24-37(44)13-14-38(33)36-27-49(40-25-34(42(51)46-52)12-16-41(40)54-28-36)26-35-11-15-39(35)43(53-5,17-7-10-32(4)31(2)3)29-47-20-8-21-48(30-50)23-19-45-18-22-47/h7,12-14,16-17,24-25,30-32,35-36,39,45,52H,6,8-11,15,18-23,26-29H2,1-5H3,(H,46,51)/b17-7+. The van der Waals surface area contributed by atoms with Gasteiger partial charge in [0.1, 0.15) is 11.4 Å². The number of hydrogen-bond donors (Lipinski definition) is 3. The third kappa shape index (κ3) is 10.6. The Kier molecular flexibility index (Phi) is 15.7. The molecule has 54 heavy (non-hydrogen) atoms. The van der Waals surface area contributed by atoms with Crippen molar-refractivity contribution in [2.45, 2.75) is 77.7 Å². The van der Waals surface area contributed by atoms with Crippen LogP contribution in [0.25, 0.3) is 0 Å². The lowest BCUT2D eigenvalue weighted by Crippen LogP contribution is -2.57. The first kappa shape index (κ1) is 42.0. The first-order valence-electron chi connectivity index (χ1n) is 20.2. The zero-order valence-corrected chi connectivity index (χ0v) is 34.0. The lowest BCUT2D eigenvalue weighted by Gasteiger charge is -2.51. The number of allylic oxidation sites excluding steroid dienone is 1. The third-order valence-corrected chi connectivity index (χ3v) is 12.5. The second kappa shape index (κ2) is 20.1. The van der Waals surface area contributed by atoms with Crippen molar-refractivity contribution in [2.24, 2.45) is 23.7 Å². The first-order valence-corrected chi connectivity index (χ1v) is 20.6. The monoisotopic (exact) mass is 765 g/mol. The topological polar surface area (TPSA) is 107 Å². The van der Waals surface area contributed by atoms with Crippen LogP contribution >= 0.6 is 11.6 Å². The highest BCUT2D eigenvalue weighted by atomic mass is 35.5. The fraction of sp³-hybridized carbons (Fsp3) is 0.628. The van der Waals surface area contributed by atoms with E-state index in [2.05, 4.69) is 67.1 Å². The SMILES string of the molecule is CCCc1cc(Cl)ccc1C1COc2ccc(C(=O)NO)cc2N(CC2CCC2C(/C=C/CC(C)C(C)C)(CN2CCCN(C=O)CCNCC2)OC)C1. The third-order valence-electron chi connectivity index (χ3n) is 12.3. The zero-order valence-electron chi connectivity index (χ0n) is 33.2. The van der Waals surface area contributed by atoms with Crippen LogP contribution in [0, 0.1) is 23.7 Å². The highest BCUT2D eigenvalue weighted by Gasteiger charge is 2.48. The Morgan fingerprint density at radius 1 is 1.13 bits per heavy atom. The largest absolute Gasteiger partial charge is 0.491 e. The van der Waals surface area contributed by atoms with Crippen LogP contribution < -0.4 is 20.4 Å². The van der Waals surface area contributed by atoms with Crippen molar-refractivity contribution in [2.75, 3.05) is 77.5 Å². The van der Waals surface area contributed by atoms with E-state index >= 15 is 0 Å². The smallest absolute Gasteiger partial charge is 0.274 e. The predicted octanol–water partition coefficient (Wildman–Crippen LogP) is 6.80. The van der Waals surface area contributed by atoms with Gasteiger partial charge in [0, 0.05) is 82.5 Å². The summed E-state index contributed by atoms with van der Waals surface area (Å²) < 4.78 is 13.3. The highest BCUT2D eigenvalue weighted by Crippen LogP contribution is 2.47. The minimum absolute atomic E-state index is 0.0851. The maximum absolute atomic E-state index is 12.7. The fourth-order valence-electron chi connectivity index (χ4n) is 8.48. The first-order chi connectivity index (χ1) is 26.1. The number of benzene rings is 2. The van der Waals surface area contributed by atoms with E-state index in [1.54, 1.807) is 6.07 Å². The molecule has 2 aromatic carbocycles. The van der Waals surface area contributed by atoms with Crippen molar-refractivity contribution < 1.29 is 24.3 Å². The van der Waals surface area contributed by atoms with E-state index in [0.717, 1.165) is 114 Å². The number of nitrogens with zero attached hydrogens (tertiary/aromatic N) is 3. The van der Waals surface area contributed by atoms with Crippen molar-refractivity contribution in [1.29, 1.82) is 0 Å². The lowest BCUT2D eigenvalue weighted by atomic mass is 9.63. The number of halogens is 1. The minimum atomic E-state index is -0.548. The Labute approximate surface area is 328 Å². The molecule has 1 saturated heterocycles. The number of carbonyl (C=O) groups is 2. The highest BCUT2D eigenvalue weighted by molar-refractivity contribution is 6.30. The number of fused-ring (bicyclic) bond motifs is 1. The molecule has 3 aliphatic rings. The fourth-order valence-corrected chi connectivity index (χ4v) is 8.68. The normalized spacial score (nSPS) is 23.1. The van der Waals surface area contributed by atoms with Crippen LogP contribution in [0.2, 0.25) is 5.02 Å². The van der Waals surface area contributed by atoms with Crippen LogP contribution in [0.3, 0.4) is 0 Å². The molecule has 0 bridgehead atoms. The molecule has 0 spiro atoms. The van der Waals surface area contributed by atoms with Gasteiger partial charge in [-0.2, -0.15) is 0 Å². The Morgan fingerprint density at radius 2 is 1.94 bits per heavy atom. The molecule has 0 aromatic heterocycles. The quantitative estimate of drug-likeness (QED) is 0.0788. The molecule has 0 radical (unpaired) electrons. The van der Waals surface area contributed by atoms with E-state index in [-0.39, 0.29) is 11.8 Å². The maximum atomic E-state index is 12.7. The van der Waals surface area contributed by atoms with Crippen LogP contribution in [0.1, 0.15) is 87.2 Å². The summed E-state index contributed by atoms with van der Waals surface area (Å²) in [4.78, 5) is 31.1. The van der Waals surface area contributed by atoms with Crippen molar-refractivity contribution in [1.82, 2.24) is 20.6 Å². The molecule has 5 rings (SSSR count). The molecule has 1 aliphatic carbocycles. The molecule has 298 valence electrons. The van der Waals surface area contributed by atoms with E-state index in [1.165, 1.54) is 11.1 Å². The Bertz CT molecular complexity index is 1560. The summed E-state index contributed by atoms with van der Waals surface area (Å²) >= 11 is 6.50. The molecule has 3 N–H and O–H groups in total. The average Bonchev–Trinajstić information content (AvgIpc) is 3.34. The van der Waals surface area contributed by atoms with Crippen LogP contribution in [-0.4, -0.2) is 106 Å². The molecule has 5 unspecified atom stereocenters. The van der Waals surface area contributed by atoms with Crippen LogP contribution in [0.4, 0.5) is 5.69 Å². The molecular weight excluding hydrogens is 702 g/mol. The van der Waals surface area contributed by atoms with E-state index in [0.29, 0.717) is 36.5 Å². The van der Waals surface area contributed by atoms with Gasteiger partial charge >= 0.3 is 0 Å². The number of amides is 2. The summed E-state index contributed by atoms with van der Waals surface area (Å²) in [5, 5.41) is 13.8. The van der Waals surface area contributed by atoms with Crippen molar-refractivity contribution >= 4 is 29.6 Å². The van der Waals surface area contributed by atoms with Crippen LogP contribution in [-0.2, 0) is 16.0 Å². The van der Waals surface area contributed by atoms with Gasteiger partial charge in [0.25, 0.3) is 5.91 Å². The predicted molar refractivity (Wildman–Crippen MR) is 217 cm³/mol. The number of ether oxygens (including phenoxy) is 2. The molecule has 2 aromatic rings. The van der Waals surface area contributed by atoms with Gasteiger partial charge in [-0.1, -0.05) is 63.9 Å². The number of rotatable bonds is 15. The number of hydroxylamine groups is 1. The molecular formula is C43H64ClN5O5. The number of anilines is 1. The van der Waals surface area contributed by atoms with E-state index in [4.69, 9.17) is 21.1 Å². The van der Waals surface area contributed by atoms with E-state index < -0.39 is 11.5 Å². The van der Waals surface area contributed by atoms with Gasteiger partial charge < -0.3 is 24.6 Å². The molecule has 2 fully saturated rings. The second-order valence-electron chi connectivity index (χ2n) is 16.1. The summed E-state index contributed by atoms with van der Waals surface area (Å²) in [5.41, 5.74) is 5.05.